The Kier molecular flexibility index (Phi) is 8.78. The van der Waals surface area contributed by atoms with Gasteiger partial charge in [0.1, 0.15) is 0 Å². The zero-order chi connectivity index (χ0) is 15.0. The molecule has 3 nitrogen and oxygen atoms in total. The number of alkyl halides is 1. The second-order valence-corrected chi connectivity index (χ2v) is 6.90. The van der Waals surface area contributed by atoms with E-state index in [1.165, 1.54) is 0 Å². The number of hydrogen-bond acceptors (Lipinski definition) is 3. The molecule has 0 saturated heterocycles. The number of aliphatic hydroxyl groups is 1. The SMILES string of the molecule is CC(C)[C@@H](C)[C@H](CO)CNCN[C@H]1CC=CC(Cl)CC1. The van der Waals surface area contributed by atoms with Crippen molar-refractivity contribution in [2.45, 2.75) is 51.5 Å². The molecule has 118 valence electrons. The highest BCUT2D eigenvalue weighted by Crippen LogP contribution is 2.19. The quantitative estimate of drug-likeness (QED) is 0.280. The maximum Gasteiger partial charge on any atom is 0.0516 e. The zero-order valence-corrected chi connectivity index (χ0v) is 13.9. The van der Waals surface area contributed by atoms with Gasteiger partial charge in [-0.25, -0.2) is 0 Å². The van der Waals surface area contributed by atoms with Crippen molar-refractivity contribution in [3.8, 4) is 0 Å². The molecule has 0 aliphatic heterocycles. The lowest BCUT2D eigenvalue weighted by Gasteiger charge is -2.26. The fourth-order valence-electron chi connectivity index (χ4n) is 2.59. The Labute approximate surface area is 129 Å². The van der Waals surface area contributed by atoms with Crippen LogP contribution in [0.5, 0.6) is 0 Å². The highest BCUT2D eigenvalue weighted by Gasteiger charge is 2.19. The van der Waals surface area contributed by atoms with Crippen LogP contribution in [0.2, 0.25) is 0 Å². The Hall–Kier alpha value is -0.0900. The van der Waals surface area contributed by atoms with Gasteiger partial charge in [0.05, 0.1) is 5.38 Å². The molecule has 0 aromatic carbocycles. The van der Waals surface area contributed by atoms with Crippen molar-refractivity contribution >= 4 is 11.6 Å². The first kappa shape index (κ1) is 18.0. The fraction of sp³-hybridized carbons (Fsp3) is 0.875. The monoisotopic (exact) mass is 302 g/mol. The van der Waals surface area contributed by atoms with Crippen molar-refractivity contribution in [1.82, 2.24) is 10.6 Å². The third-order valence-corrected chi connectivity index (χ3v) is 4.87. The molecular formula is C16H31ClN2O. The van der Waals surface area contributed by atoms with Crippen LogP contribution in [-0.2, 0) is 0 Å². The topological polar surface area (TPSA) is 44.3 Å². The second kappa shape index (κ2) is 9.78. The van der Waals surface area contributed by atoms with E-state index in [2.05, 4.69) is 43.6 Å². The predicted molar refractivity (Wildman–Crippen MR) is 87.0 cm³/mol. The number of rotatable bonds is 8. The summed E-state index contributed by atoms with van der Waals surface area (Å²) in [6.45, 7) is 8.57. The van der Waals surface area contributed by atoms with Gasteiger partial charge < -0.3 is 15.7 Å². The number of allylic oxidation sites excluding steroid dienone is 1. The molecule has 3 N–H and O–H groups in total. The molecule has 1 aliphatic carbocycles. The molecule has 1 unspecified atom stereocenters. The van der Waals surface area contributed by atoms with Crippen LogP contribution in [0.25, 0.3) is 0 Å². The molecule has 1 rings (SSSR count). The van der Waals surface area contributed by atoms with Crippen molar-refractivity contribution in [3.63, 3.8) is 0 Å². The Morgan fingerprint density at radius 3 is 2.70 bits per heavy atom. The minimum absolute atomic E-state index is 0.195. The molecular weight excluding hydrogens is 272 g/mol. The highest BCUT2D eigenvalue weighted by atomic mass is 35.5. The molecule has 0 fully saturated rings. The fourth-order valence-corrected chi connectivity index (χ4v) is 2.81. The van der Waals surface area contributed by atoms with E-state index < -0.39 is 0 Å². The van der Waals surface area contributed by atoms with Crippen molar-refractivity contribution in [3.05, 3.63) is 12.2 Å². The van der Waals surface area contributed by atoms with E-state index in [0.29, 0.717) is 23.8 Å². The molecule has 0 aromatic rings. The number of hydrogen-bond donors (Lipinski definition) is 3. The molecule has 4 heteroatoms. The summed E-state index contributed by atoms with van der Waals surface area (Å²) < 4.78 is 0. The summed E-state index contributed by atoms with van der Waals surface area (Å²) in [4.78, 5) is 0. The Balaban J connectivity index is 2.19. The summed E-state index contributed by atoms with van der Waals surface area (Å²) in [5.74, 6) is 1.47. The van der Waals surface area contributed by atoms with Crippen LogP contribution in [0, 0.1) is 17.8 Å². The molecule has 0 aromatic heterocycles. The van der Waals surface area contributed by atoms with E-state index in [0.717, 1.165) is 32.5 Å². The molecule has 1 aliphatic rings. The average Bonchev–Trinajstić information content (AvgIpc) is 2.63. The molecule has 0 bridgehead atoms. The van der Waals surface area contributed by atoms with Gasteiger partial charge in [-0.15, -0.1) is 11.6 Å². The first-order valence-electron chi connectivity index (χ1n) is 7.90. The zero-order valence-electron chi connectivity index (χ0n) is 13.1. The van der Waals surface area contributed by atoms with Crippen LogP contribution in [-0.4, -0.2) is 36.3 Å². The van der Waals surface area contributed by atoms with Gasteiger partial charge in [-0.2, -0.15) is 0 Å². The summed E-state index contributed by atoms with van der Waals surface area (Å²) in [6.07, 6.45) is 7.49. The van der Waals surface area contributed by atoms with Gasteiger partial charge in [0, 0.05) is 25.9 Å². The minimum Gasteiger partial charge on any atom is -0.396 e. The smallest absolute Gasteiger partial charge is 0.0516 e. The summed E-state index contributed by atoms with van der Waals surface area (Å²) in [6, 6.07) is 0.512. The van der Waals surface area contributed by atoms with Crippen LogP contribution >= 0.6 is 11.6 Å². The van der Waals surface area contributed by atoms with Gasteiger partial charge >= 0.3 is 0 Å². The standard InChI is InChI=1S/C16H31ClN2O/c1-12(2)13(3)14(10-20)9-18-11-19-16-6-4-5-15(17)7-8-16/h4-5,12-16,18-20H,6-11H2,1-3H3/t13-,14+,15?,16+/m1/s1. The van der Waals surface area contributed by atoms with Crippen molar-refractivity contribution in [2.24, 2.45) is 17.8 Å². The van der Waals surface area contributed by atoms with Crippen LogP contribution in [0.15, 0.2) is 12.2 Å². The average molecular weight is 303 g/mol. The molecule has 0 heterocycles. The lowest BCUT2D eigenvalue weighted by atomic mass is 9.85. The van der Waals surface area contributed by atoms with E-state index in [1.54, 1.807) is 0 Å². The van der Waals surface area contributed by atoms with Crippen molar-refractivity contribution in [1.29, 1.82) is 0 Å². The van der Waals surface area contributed by atoms with E-state index in [4.69, 9.17) is 11.6 Å². The van der Waals surface area contributed by atoms with E-state index in [9.17, 15) is 5.11 Å². The molecule has 0 radical (unpaired) electrons. The van der Waals surface area contributed by atoms with E-state index in [-0.39, 0.29) is 12.0 Å². The van der Waals surface area contributed by atoms with Gasteiger partial charge in [0.2, 0.25) is 0 Å². The van der Waals surface area contributed by atoms with Crippen molar-refractivity contribution in [2.75, 3.05) is 19.8 Å². The number of aliphatic hydroxyl groups excluding tert-OH is 1. The highest BCUT2D eigenvalue weighted by molar-refractivity contribution is 6.21. The predicted octanol–water partition coefficient (Wildman–Crippen LogP) is 2.74. The van der Waals surface area contributed by atoms with Crippen molar-refractivity contribution < 1.29 is 5.11 Å². The molecule has 0 saturated carbocycles. The summed E-state index contributed by atoms with van der Waals surface area (Å²) in [5, 5.41) is 16.6. The third-order valence-electron chi connectivity index (χ3n) is 4.51. The van der Waals surface area contributed by atoms with E-state index in [1.807, 2.05) is 0 Å². The maximum atomic E-state index is 9.48. The summed E-state index contributed by atoms with van der Waals surface area (Å²) >= 11 is 6.11. The third kappa shape index (κ3) is 6.57. The first-order chi connectivity index (χ1) is 9.54. The normalized spacial score (nSPS) is 26.5. The Morgan fingerprint density at radius 1 is 1.30 bits per heavy atom. The van der Waals surface area contributed by atoms with Gasteiger partial charge in [-0.1, -0.05) is 32.9 Å². The summed E-state index contributed by atoms with van der Waals surface area (Å²) in [7, 11) is 0. The van der Waals surface area contributed by atoms with Gasteiger partial charge in [-0.05, 0) is 37.0 Å². The van der Waals surface area contributed by atoms with Gasteiger partial charge in [0.15, 0.2) is 0 Å². The van der Waals surface area contributed by atoms with Gasteiger partial charge in [-0.3, -0.25) is 0 Å². The summed E-state index contributed by atoms with van der Waals surface area (Å²) in [5.41, 5.74) is 0. The van der Waals surface area contributed by atoms with Crippen LogP contribution in [0.3, 0.4) is 0 Å². The Morgan fingerprint density at radius 2 is 2.05 bits per heavy atom. The lowest BCUT2D eigenvalue weighted by molar-refractivity contribution is 0.153. The molecule has 4 atom stereocenters. The number of halogens is 1. The molecule has 0 spiro atoms. The van der Waals surface area contributed by atoms with Crippen LogP contribution in [0.4, 0.5) is 0 Å². The number of nitrogens with one attached hydrogen (secondary N) is 2. The maximum absolute atomic E-state index is 9.48. The first-order valence-corrected chi connectivity index (χ1v) is 8.34. The second-order valence-electron chi connectivity index (χ2n) is 6.33. The molecule has 20 heavy (non-hydrogen) atoms. The Bertz CT molecular complexity index is 284. The lowest BCUT2D eigenvalue weighted by Crippen LogP contribution is -2.40. The molecule has 0 amide bonds. The largest absolute Gasteiger partial charge is 0.396 e. The van der Waals surface area contributed by atoms with Crippen LogP contribution in [0.1, 0.15) is 40.0 Å². The van der Waals surface area contributed by atoms with Crippen LogP contribution < -0.4 is 10.6 Å². The van der Waals surface area contributed by atoms with E-state index >= 15 is 0 Å². The minimum atomic E-state index is 0.195. The van der Waals surface area contributed by atoms with Gasteiger partial charge in [0.25, 0.3) is 0 Å².